The second-order valence-corrected chi connectivity index (χ2v) is 3.17. The molecule has 0 aliphatic carbocycles. The van der Waals surface area contributed by atoms with Crippen LogP contribution in [0.3, 0.4) is 0 Å². The van der Waals surface area contributed by atoms with E-state index in [0.29, 0.717) is 0 Å². The maximum absolute atomic E-state index is 5.24. The molecule has 77 valence electrons. The van der Waals surface area contributed by atoms with Crippen molar-refractivity contribution >= 4 is 5.69 Å². The lowest BCUT2D eigenvalue weighted by Gasteiger charge is -2.21. The number of hydrogen-bond donors (Lipinski definition) is 0. The molecule has 0 bridgehead atoms. The molecule has 0 saturated carbocycles. The summed E-state index contributed by atoms with van der Waals surface area (Å²) >= 11 is 0. The molecule has 2 heteroatoms. The number of benzene rings is 1. The number of anilines is 1. The molecular weight excluding hydrogens is 174 g/mol. The molecule has 2 nitrogen and oxygen atoms in total. The summed E-state index contributed by atoms with van der Waals surface area (Å²) in [6, 6.07) is 6.11. The van der Waals surface area contributed by atoms with E-state index in [9.17, 15) is 0 Å². The van der Waals surface area contributed by atoms with Gasteiger partial charge in [-0.25, -0.2) is 0 Å². The maximum Gasteiger partial charge on any atom is 0.124 e. The van der Waals surface area contributed by atoms with Gasteiger partial charge in [0.05, 0.1) is 7.11 Å². The van der Waals surface area contributed by atoms with Gasteiger partial charge in [-0.3, -0.25) is 0 Å². The molecule has 1 aromatic rings. The molecule has 0 spiro atoms. The quantitative estimate of drug-likeness (QED) is 0.727. The molecule has 0 unspecified atom stereocenters. The van der Waals surface area contributed by atoms with Gasteiger partial charge in [-0.15, -0.1) is 0 Å². The Labute approximate surface area is 86.5 Å². The highest BCUT2D eigenvalue weighted by atomic mass is 16.5. The number of hydrogen-bond acceptors (Lipinski definition) is 2. The van der Waals surface area contributed by atoms with Crippen LogP contribution in [0.25, 0.3) is 0 Å². The average Bonchev–Trinajstić information content (AvgIpc) is 2.22. The van der Waals surface area contributed by atoms with Crippen molar-refractivity contribution in [3.8, 4) is 5.75 Å². The van der Waals surface area contributed by atoms with E-state index in [4.69, 9.17) is 4.74 Å². The minimum absolute atomic E-state index is 0.856. The number of ether oxygens (including phenoxy) is 1. The summed E-state index contributed by atoms with van der Waals surface area (Å²) in [6.07, 6.45) is 0. The van der Waals surface area contributed by atoms with Crippen molar-refractivity contribution in [1.29, 1.82) is 0 Å². The first-order valence-corrected chi connectivity index (χ1v) is 4.97. The fourth-order valence-electron chi connectivity index (χ4n) is 1.52. The largest absolute Gasteiger partial charge is 0.496 e. The molecule has 0 atom stereocenters. The second-order valence-electron chi connectivity index (χ2n) is 3.17. The molecule has 1 aromatic carbocycles. The van der Waals surface area contributed by atoms with Gasteiger partial charge in [0.25, 0.3) is 0 Å². The van der Waals surface area contributed by atoms with Crippen molar-refractivity contribution in [1.82, 2.24) is 0 Å². The van der Waals surface area contributed by atoms with Crippen LogP contribution in [0.15, 0.2) is 18.2 Å². The molecule has 0 aromatic heterocycles. The van der Waals surface area contributed by atoms with Crippen LogP contribution in [0.5, 0.6) is 5.75 Å². The van der Waals surface area contributed by atoms with E-state index < -0.39 is 0 Å². The minimum atomic E-state index is 0.856. The van der Waals surface area contributed by atoms with Crippen LogP contribution < -0.4 is 9.64 Å². The lowest BCUT2D eigenvalue weighted by atomic mass is 10.2. The van der Waals surface area contributed by atoms with E-state index in [2.05, 4.69) is 31.7 Å². The Morgan fingerprint density at radius 3 is 2.43 bits per heavy atom. The van der Waals surface area contributed by atoms with Gasteiger partial charge >= 0.3 is 0 Å². The van der Waals surface area contributed by atoms with Crippen molar-refractivity contribution in [2.45, 2.75) is 13.8 Å². The molecule has 0 aliphatic rings. The summed E-state index contributed by atoms with van der Waals surface area (Å²) in [6.45, 7) is 10.2. The molecular formula is C12H18NO. The van der Waals surface area contributed by atoms with Gasteiger partial charge in [0.15, 0.2) is 0 Å². The van der Waals surface area contributed by atoms with Crippen molar-refractivity contribution in [2.75, 3.05) is 25.1 Å². The first-order chi connectivity index (χ1) is 6.72. The first kappa shape index (κ1) is 10.9. The summed E-state index contributed by atoms with van der Waals surface area (Å²) in [5.74, 6) is 0.856. The normalized spacial score (nSPS) is 10.0. The summed E-state index contributed by atoms with van der Waals surface area (Å²) in [4.78, 5) is 2.28. The van der Waals surface area contributed by atoms with Crippen molar-refractivity contribution in [3.05, 3.63) is 30.7 Å². The molecule has 1 radical (unpaired) electrons. The van der Waals surface area contributed by atoms with E-state index >= 15 is 0 Å². The van der Waals surface area contributed by atoms with Crippen LogP contribution in [-0.4, -0.2) is 20.2 Å². The van der Waals surface area contributed by atoms with Crippen molar-refractivity contribution in [3.63, 3.8) is 0 Å². The van der Waals surface area contributed by atoms with Gasteiger partial charge in [-0.1, -0.05) is 6.07 Å². The van der Waals surface area contributed by atoms with Crippen LogP contribution in [0, 0.1) is 6.92 Å². The Morgan fingerprint density at radius 2 is 1.93 bits per heavy atom. The van der Waals surface area contributed by atoms with E-state index in [1.54, 1.807) is 7.11 Å². The van der Waals surface area contributed by atoms with Crippen molar-refractivity contribution in [2.24, 2.45) is 0 Å². The fourth-order valence-corrected chi connectivity index (χ4v) is 1.52. The number of nitrogens with zero attached hydrogens (tertiary/aromatic N) is 1. The smallest absolute Gasteiger partial charge is 0.124 e. The minimum Gasteiger partial charge on any atom is -0.496 e. The predicted octanol–water partition coefficient (Wildman–Crippen LogP) is 2.72. The van der Waals surface area contributed by atoms with E-state index in [1.807, 2.05) is 12.1 Å². The molecule has 0 aliphatic heterocycles. The predicted molar refractivity (Wildman–Crippen MR) is 61.0 cm³/mol. The summed E-state index contributed by atoms with van der Waals surface area (Å²) in [5, 5.41) is 0. The highest BCUT2D eigenvalue weighted by molar-refractivity contribution is 5.54. The molecule has 0 amide bonds. The van der Waals surface area contributed by atoms with Crippen LogP contribution in [0.2, 0.25) is 0 Å². The Kier molecular flexibility index (Phi) is 3.81. The summed E-state index contributed by atoms with van der Waals surface area (Å²) < 4.78 is 5.24. The summed E-state index contributed by atoms with van der Waals surface area (Å²) in [5.41, 5.74) is 2.13. The molecule has 14 heavy (non-hydrogen) atoms. The highest BCUT2D eigenvalue weighted by Gasteiger charge is 2.04. The van der Waals surface area contributed by atoms with Gasteiger partial charge < -0.3 is 9.64 Å². The topological polar surface area (TPSA) is 12.5 Å². The Bertz CT molecular complexity index is 292. The van der Waals surface area contributed by atoms with Gasteiger partial charge in [0.2, 0.25) is 0 Å². The third-order valence-electron chi connectivity index (χ3n) is 2.40. The number of methoxy groups -OCH3 is 1. The van der Waals surface area contributed by atoms with Gasteiger partial charge in [-0.05, 0) is 32.4 Å². The van der Waals surface area contributed by atoms with Crippen LogP contribution in [-0.2, 0) is 0 Å². The molecule has 0 fully saturated rings. The molecule has 0 N–H and O–H groups in total. The van der Waals surface area contributed by atoms with Crippen molar-refractivity contribution < 1.29 is 4.74 Å². The molecule has 1 rings (SSSR count). The van der Waals surface area contributed by atoms with Gasteiger partial charge in [0, 0.05) is 24.8 Å². The Balaban J connectivity index is 2.98. The zero-order chi connectivity index (χ0) is 10.6. The lowest BCUT2D eigenvalue weighted by molar-refractivity contribution is 0.413. The third-order valence-corrected chi connectivity index (χ3v) is 2.40. The third kappa shape index (κ3) is 2.19. The Morgan fingerprint density at radius 1 is 1.29 bits per heavy atom. The zero-order valence-corrected chi connectivity index (χ0v) is 9.21. The van der Waals surface area contributed by atoms with Crippen LogP contribution in [0.4, 0.5) is 5.69 Å². The summed E-state index contributed by atoms with van der Waals surface area (Å²) in [7, 11) is 1.68. The SMILES string of the molecule is [CH2]c1ccc(N(CC)CC)cc1OC. The fraction of sp³-hybridized carbons (Fsp3) is 0.417. The first-order valence-electron chi connectivity index (χ1n) is 4.97. The van der Waals surface area contributed by atoms with Gasteiger partial charge in [-0.2, -0.15) is 0 Å². The standard InChI is InChI=1S/C12H18NO/c1-5-13(6-2)11-8-7-10(3)12(9-11)14-4/h7-9H,3,5-6H2,1-2,4H3. The van der Waals surface area contributed by atoms with Gasteiger partial charge in [0.1, 0.15) is 5.75 Å². The van der Waals surface area contributed by atoms with Crippen LogP contribution in [0.1, 0.15) is 19.4 Å². The Hall–Kier alpha value is -1.18. The molecule has 0 saturated heterocycles. The van der Waals surface area contributed by atoms with E-state index in [-0.39, 0.29) is 0 Å². The lowest BCUT2D eigenvalue weighted by Crippen LogP contribution is -2.21. The maximum atomic E-state index is 5.24. The number of rotatable bonds is 4. The average molecular weight is 192 g/mol. The van der Waals surface area contributed by atoms with Crippen LogP contribution >= 0.6 is 0 Å². The van der Waals surface area contributed by atoms with E-state index in [1.165, 1.54) is 5.69 Å². The highest BCUT2D eigenvalue weighted by Crippen LogP contribution is 2.24. The van der Waals surface area contributed by atoms with E-state index in [0.717, 1.165) is 24.4 Å². The molecule has 0 heterocycles. The zero-order valence-electron chi connectivity index (χ0n) is 9.21. The monoisotopic (exact) mass is 192 g/mol. The second kappa shape index (κ2) is 4.89.